The lowest BCUT2D eigenvalue weighted by Gasteiger charge is -2.25. The van der Waals surface area contributed by atoms with Gasteiger partial charge in [0.05, 0.1) is 21.5 Å². The molecule has 0 aliphatic rings. The number of hydrogen-bond acceptors (Lipinski definition) is 5. The van der Waals surface area contributed by atoms with Crippen LogP contribution in [0.25, 0.3) is 0 Å². The lowest BCUT2D eigenvalue weighted by molar-refractivity contribution is -0.120. The second kappa shape index (κ2) is 9.94. The molecule has 0 aromatic heterocycles. The molecule has 3 rings (SSSR count). The molecule has 1 unspecified atom stereocenters. The summed E-state index contributed by atoms with van der Waals surface area (Å²) >= 11 is 6.07. The molecule has 174 valence electrons. The first-order chi connectivity index (χ1) is 15.5. The summed E-state index contributed by atoms with van der Waals surface area (Å²) in [5, 5.41) is 3.10. The monoisotopic (exact) mass is 506 g/mol. The molecule has 0 saturated carbocycles. The van der Waals surface area contributed by atoms with E-state index in [1.165, 1.54) is 30.3 Å². The Labute approximate surface area is 199 Å². The van der Waals surface area contributed by atoms with E-state index in [2.05, 4.69) is 5.32 Å². The molecule has 0 aliphatic heterocycles. The summed E-state index contributed by atoms with van der Waals surface area (Å²) in [5.74, 6) is -0.533. The molecule has 1 amide bonds. The van der Waals surface area contributed by atoms with Gasteiger partial charge in [0, 0.05) is 11.3 Å². The molecule has 33 heavy (non-hydrogen) atoms. The number of sulfone groups is 1. The number of halogens is 1. The third-order valence-electron chi connectivity index (χ3n) is 4.90. The van der Waals surface area contributed by atoms with Gasteiger partial charge in [-0.25, -0.2) is 16.8 Å². The lowest BCUT2D eigenvalue weighted by Crippen LogP contribution is -2.41. The summed E-state index contributed by atoms with van der Waals surface area (Å²) < 4.78 is 50.9. The van der Waals surface area contributed by atoms with Crippen molar-refractivity contribution in [3.63, 3.8) is 0 Å². The Hall–Kier alpha value is -2.88. The summed E-state index contributed by atoms with van der Waals surface area (Å²) in [6.07, 6.45) is 1.12. The van der Waals surface area contributed by atoms with Gasteiger partial charge in [-0.15, -0.1) is 0 Å². The third kappa shape index (κ3) is 6.13. The molecule has 0 radical (unpaired) electrons. The van der Waals surface area contributed by atoms with Crippen LogP contribution < -0.4 is 9.62 Å². The van der Waals surface area contributed by atoms with Crippen LogP contribution in [0.5, 0.6) is 0 Å². The maximum Gasteiger partial charge on any atom is 0.264 e. The van der Waals surface area contributed by atoms with Crippen molar-refractivity contribution in [2.75, 3.05) is 17.1 Å². The zero-order valence-electron chi connectivity index (χ0n) is 18.0. The van der Waals surface area contributed by atoms with Crippen molar-refractivity contribution >= 4 is 43.1 Å². The second-order valence-electron chi connectivity index (χ2n) is 7.44. The molecule has 0 bridgehead atoms. The predicted octanol–water partition coefficient (Wildman–Crippen LogP) is 3.82. The van der Waals surface area contributed by atoms with Gasteiger partial charge in [0.15, 0.2) is 9.84 Å². The first-order valence-corrected chi connectivity index (χ1v) is 13.6. The molecule has 3 aromatic rings. The number of nitrogens with zero attached hydrogens (tertiary/aromatic N) is 1. The fourth-order valence-corrected chi connectivity index (χ4v) is 5.42. The largest absolute Gasteiger partial charge is 0.348 e. The second-order valence-corrected chi connectivity index (χ2v) is 11.7. The molecule has 0 spiro atoms. The first kappa shape index (κ1) is 24.8. The Morgan fingerprint density at radius 2 is 1.55 bits per heavy atom. The first-order valence-electron chi connectivity index (χ1n) is 9.91. The van der Waals surface area contributed by atoms with Gasteiger partial charge in [-0.1, -0.05) is 48.0 Å². The van der Waals surface area contributed by atoms with Gasteiger partial charge in [-0.05, 0) is 55.0 Å². The molecule has 10 heteroatoms. The lowest BCUT2D eigenvalue weighted by atomic mass is 10.1. The highest BCUT2D eigenvalue weighted by molar-refractivity contribution is 7.93. The number of rotatable bonds is 8. The Morgan fingerprint density at radius 3 is 2.12 bits per heavy atom. The average molecular weight is 507 g/mol. The van der Waals surface area contributed by atoms with Crippen molar-refractivity contribution in [1.29, 1.82) is 0 Å². The van der Waals surface area contributed by atoms with Crippen LogP contribution in [-0.2, 0) is 24.7 Å². The van der Waals surface area contributed by atoms with Crippen LogP contribution in [0.3, 0.4) is 0 Å². The maximum absolute atomic E-state index is 13.3. The van der Waals surface area contributed by atoms with E-state index in [1.54, 1.807) is 55.5 Å². The van der Waals surface area contributed by atoms with E-state index in [0.717, 1.165) is 10.6 Å². The van der Waals surface area contributed by atoms with Crippen molar-refractivity contribution < 1.29 is 21.6 Å². The number of nitrogens with one attached hydrogen (secondary N) is 1. The molecule has 1 N–H and O–H groups in total. The van der Waals surface area contributed by atoms with Gasteiger partial charge < -0.3 is 5.32 Å². The van der Waals surface area contributed by atoms with E-state index < -0.39 is 38.4 Å². The molecule has 0 heterocycles. The van der Waals surface area contributed by atoms with Crippen LogP contribution in [0.15, 0.2) is 88.7 Å². The Kier molecular flexibility index (Phi) is 7.46. The van der Waals surface area contributed by atoms with Gasteiger partial charge >= 0.3 is 0 Å². The Balaban J connectivity index is 1.85. The number of anilines is 1. The van der Waals surface area contributed by atoms with Crippen LogP contribution >= 0.6 is 11.6 Å². The molecular weight excluding hydrogens is 484 g/mol. The molecule has 3 aromatic carbocycles. The molecule has 0 fully saturated rings. The fraction of sp³-hybridized carbons (Fsp3) is 0.174. The molecule has 0 saturated heterocycles. The average Bonchev–Trinajstić information content (AvgIpc) is 2.77. The molecule has 7 nitrogen and oxygen atoms in total. The number of carbonyl (C=O) groups is 1. The number of sulfonamides is 1. The summed E-state index contributed by atoms with van der Waals surface area (Å²) in [4.78, 5) is 13.1. The van der Waals surface area contributed by atoms with Crippen molar-refractivity contribution in [3.8, 4) is 0 Å². The Morgan fingerprint density at radius 1 is 0.909 bits per heavy atom. The number of hydrogen-bond donors (Lipinski definition) is 1. The van der Waals surface area contributed by atoms with E-state index in [-0.39, 0.29) is 15.5 Å². The van der Waals surface area contributed by atoms with Gasteiger partial charge in [-0.2, -0.15) is 0 Å². The normalized spacial score (nSPS) is 12.7. The van der Waals surface area contributed by atoms with Crippen molar-refractivity contribution in [1.82, 2.24) is 5.32 Å². The van der Waals surface area contributed by atoms with Gasteiger partial charge in [0.2, 0.25) is 5.91 Å². The van der Waals surface area contributed by atoms with Crippen LogP contribution in [0, 0.1) is 0 Å². The predicted molar refractivity (Wildman–Crippen MR) is 129 cm³/mol. The van der Waals surface area contributed by atoms with Gasteiger partial charge in [0.1, 0.15) is 6.54 Å². The molecule has 1 atom stereocenters. The highest BCUT2D eigenvalue weighted by atomic mass is 35.5. The van der Waals surface area contributed by atoms with Crippen LogP contribution in [0.2, 0.25) is 5.02 Å². The molecular formula is C23H23ClN2O5S2. The summed E-state index contributed by atoms with van der Waals surface area (Å²) in [7, 11) is -7.37. The van der Waals surface area contributed by atoms with E-state index in [9.17, 15) is 21.6 Å². The highest BCUT2D eigenvalue weighted by Crippen LogP contribution is 2.26. The third-order valence-corrected chi connectivity index (χ3v) is 8.05. The van der Waals surface area contributed by atoms with Gasteiger partial charge in [0.25, 0.3) is 10.0 Å². The number of benzene rings is 3. The highest BCUT2D eigenvalue weighted by Gasteiger charge is 2.27. The van der Waals surface area contributed by atoms with E-state index in [1.807, 2.05) is 0 Å². The van der Waals surface area contributed by atoms with Crippen LogP contribution in [-0.4, -0.2) is 35.5 Å². The minimum Gasteiger partial charge on any atom is -0.348 e. The van der Waals surface area contributed by atoms with Gasteiger partial charge in [-0.3, -0.25) is 9.10 Å². The van der Waals surface area contributed by atoms with E-state index in [4.69, 9.17) is 11.6 Å². The SMILES string of the molecule is CC(NC(=O)CN(c1cccc(Cl)c1)S(=O)(=O)c1ccccc1)c1ccc(S(C)(=O)=O)cc1. The smallest absolute Gasteiger partial charge is 0.264 e. The summed E-state index contributed by atoms with van der Waals surface area (Å²) in [6.45, 7) is 1.26. The van der Waals surface area contributed by atoms with Crippen molar-refractivity contribution in [2.45, 2.75) is 22.8 Å². The quantitative estimate of drug-likeness (QED) is 0.500. The summed E-state index contributed by atoms with van der Waals surface area (Å²) in [5.41, 5.74) is 0.933. The Bertz CT molecular complexity index is 1340. The van der Waals surface area contributed by atoms with E-state index >= 15 is 0 Å². The topological polar surface area (TPSA) is 101 Å². The summed E-state index contributed by atoms with van der Waals surface area (Å²) in [6, 6.07) is 19.7. The number of amides is 1. The standard InChI is InChI=1S/C23H23ClN2O5S2/c1-17(18-11-13-21(14-12-18)32(2,28)29)25-23(27)16-26(20-8-6-7-19(24)15-20)33(30,31)22-9-4-3-5-10-22/h3-15,17H,16H2,1-2H3,(H,25,27). The molecule has 0 aliphatic carbocycles. The van der Waals surface area contributed by atoms with Crippen molar-refractivity contribution in [2.24, 2.45) is 0 Å². The number of carbonyl (C=O) groups excluding carboxylic acids is 1. The van der Waals surface area contributed by atoms with Crippen LogP contribution in [0.1, 0.15) is 18.5 Å². The zero-order valence-corrected chi connectivity index (χ0v) is 20.4. The minimum absolute atomic E-state index is 0.0437. The maximum atomic E-state index is 13.3. The zero-order chi connectivity index (χ0) is 24.2. The fourth-order valence-electron chi connectivity index (χ4n) is 3.17. The minimum atomic E-state index is -4.04. The van der Waals surface area contributed by atoms with Crippen LogP contribution in [0.4, 0.5) is 5.69 Å². The van der Waals surface area contributed by atoms with Crippen molar-refractivity contribution in [3.05, 3.63) is 89.4 Å². The van der Waals surface area contributed by atoms with E-state index in [0.29, 0.717) is 10.6 Å².